The Balaban J connectivity index is 1.49. The van der Waals surface area contributed by atoms with E-state index < -0.39 is 6.04 Å². The number of amides is 1. The number of anilines is 1. The Hall–Kier alpha value is -4.47. The summed E-state index contributed by atoms with van der Waals surface area (Å²) in [7, 11) is 1.60. The van der Waals surface area contributed by atoms with Gasteiger partial charge in [-0.15, -0.1) is 0 Å². The number of carbonyl (C=O) groups excluding carboxylic acids is 1. The molecule has 0 bridgehead atoms. The van der Waals surface area contributed by atoms with Crippen LogP contribution in [0.1, 0.15) is 24.2 Å². The first-order chi connectivity index (χ1) is 19.9. The van der Waals surface area contributed by atoms with Crippen LogP contribution in [0.25, 0.3) is 11.8 Å². The molecule has 3 heterocycles. The first-order valence-corrected chi connectivity index (χ1v) is 14.5. The Kier molecular flexibility index (Phi) is 7.30. The Morgan fingerprint density at radius 2 is 1.73 bits per heavy atom. The lowest BCUT2D eigenvalue weighted by Crippen LogP contribution is -2.40. The van der Waals surface area contributed by atoms with Crippen molar-refractivity contribution in [1.82, 2.24) is 9.13 Å². The largest absolute Gasteiger partial charge is 0.497 e. The lowest BCUT2D eigenvalue weighted by Gasteiger charge is -2.25. The fraction of sp³-hybridized carbons (Fsp3) is 0.0938. The summed E-state index contributed by atoms with van der Waals surface area (Å²) in [6.07, 6.45) is 3.84. The molecule has 7 nitrogen and oxygen atoms in total. The number of hydrogen-bond donors (Lipinski definition) is 1. The van der Waals surface area contributed by atoms with E-state index >= 15 is 0 Å². The number of para-hydroxylation sites is 1. The van der Waals surface area contributed by atoms with E-state index in [1.165, 1.54) is 11.3 Å². The number of rotatable bonds is 6. The summed E-state index contributed by atoms with van der Waals surface area (Å²) in [6.45, 7) is 1.81. The molecule has 1 atom stereocenters. The molecule has 1 aliphatic rings. The van der Waals surface area contributed by atoms with Crippen molar-refractivity contribution in [2.45, 2.75) is 13.0 Å². The van der Waals surface area contributed by atoms with Crippen LogP contribution in [0.15, 0.2) is 123 Å². The van der Waals surface area contributed by atoms with E-state index in [4.69, 9.17) is 9.73 Å². The summed E-state index contributed by atoms with van der Waals surface area (Å²) in [5, 5.41) is 2.98. The number of hydrogen-bond acceptors (Lipinski definition) is 5. The molecule has 2 aromatic heterocycles. The van der Waals surface area contributed by atoms with Gasteiger partial charge in [0.2, 0.25) is 0 Å². The van der Waals surface area contributed by atoms with Crippen LogP contribution in [0.2, 0.25) is 0 Å². The molecule has 0 aliphatic carbocycles. The van der Waals surface area contributed by atoms with Gasteiger partial charge in [-0.1, -0.05) is 57.6 Å². The van der Waals surface area contributed by atoms with Gasteiger partial charge in [-0.25, -0.2) is 4.99 Å². The third kappa shape index (κ3) is 5.21. The Bertz CT molecular complexity index is 1950. The number of nitrogens with one attached hydrogen (secondary N) is 1. The fourth-order valence-corrected chi connectivity index (χ4v) is 6.21. The molecule has 0 unspecified atom stereocenters. The van der Waals surface area contributed by atoms with Crippen molar-refractivity contribution in [3.05, 3.63) is 144 Å². The molecule has 0 saturated heterocycles. The second kappa shape index (κ2) is 11.2. The van der Waals surface area contributed by atoms with Gasteiger partial charge >= 0.3 is 0 Å². The molecule has 1 N–H and O–H groups in total. The van der Waals surface area contributed by atoms with Crippen molar-refractivity contribution >= 4 is 44.9 Å². The molecular formula is C32H25BrN4O3S. The molecule has 6 rings (SSSR count). The van der Waals surface area contributed by atoms with E-state index in [1.807, 2.05) is 115 Å². The molecule has 1 aliphatic heterocycles. The Labute approximate surface area is 248 Å². The average Bonchev–Trinajstić information content (AvgIpc) is 3.57. The van der Waals surface area contributed by atoms with Gasteiger partial charge in [0.25, 0.3) is 11.5 Å². The monoisotopic (exact) mass is 624 g/mol. The summed E-state index contributed by atoms with van der Waals surface area (Å²) in [5.41, 5.74) is 4.04. The van der Waals surface area contributed by atoms with Gasteiger partial charge in [-0.05, 0) is 79.2 Å². The lowest BCUT2D eigenvalue weighted by atomic mass is 9.95. The Morgan fingerprint density at radius 3 is 2.44 bits per heavy atom. The zero-order valence-corrected chi connectivity index (χ0v) is 24.6. The quantitative estimate of drug-likeness (QED) is 0.273. The summed E-state index contributed by atoms with van der Waals surface area (Å²) < 4.78 is 10.5. The second-order valence-electron chi connectivity index (χ2n) is 9.45. The molecule has 204 valence electrons. The van der Waals surface area contributed by atoms with Crippen LogP contribution >= 0.6 is 27.3 Å². The van der Waals surface area contributed by atoms with Crippen LogP contribution < -0.4 is 24.9 Å². The highest BCUT2D eigenvalue weighted by Crippen LogP contribution is 2.31. The minimum atomic E-state index is -0.665. The Morgan fingerprint density at radius 1 is 1.00 bits per heavy atom. The highest BCUT2D eigenvalue weighted by molar-refractivity contribution is 9.10. The first-order valence-electron chi connectivity index (χ1n) is 12.9. The zero-order chi connectivity index (χ0) is 28.5. The molecule has 0 saturated carbocycles. The maximum Gasteiger partial charge on any atom is 0.271 e. The topological polar surface area (TPSA) is 77.6 Å². The fourth-order valence-electron chi connectivity index (χ4n) is 4.92. The van der Waals surface area contributed by atoms with Gasteiger partial charge in [0.15, 0.2) is 4.80 Å². The first kappa shape index (κ1) is 26.7. The maximum absolute atomic E-state index is 14.1. The van der Waals surface area contributed by atoms with Gasteiger partial charge in [-0.2, -0.15) is 0 Å². The number of allylic oxidation sites excluding steroid dienone is 1. The molecule has 1 amide bonds. The van der Waals surface area contributed by atoms with Crippen molar-refractivity contribution in [1.29, 1.82) is 0 Å². The van der Waals surface area contributed by atoms with E-state index in [9.17, 15) is 9.59 Å². The minimum Gasteiger partial charge on any atom is -0.497 e. The van der Waals surface area contributed by atoms with E-state index in [-0.39, 0.29) is 11.5 Å². The number of fused-ring (bicyclic) bond motifs is 1. The van der Waals surface area contributed by atoms with Gasteiger partial charge in [0.05, 0.1) is 29.0 Å². The highest BCUT2D eigenvalue weighted by Gasteiger charge is 2.32. The molecule has 5 aromatic rings. The van der Waals surface area contributed by atoms with Crippen molar-refractivity contribution in [3.8, 4) is 11.4 Å². The van der Waals surface area contributed by atoms with Crippen LogP contribution in [-0.2, 0) is 4.79 Å². The van der Waals surface area contributed by atoms with E-state index in [2.05, 4.69) is 21.2 Å². The number of ether oxygens (including phenoxy) is 1. The van der Waals surface area contributed by atoms with Gasteiger partial charge in [-0.3, -0.25) is 14.2 Å². The van der Waals surface area contributed by atoms with Crippen LogP contribution in [0.3, 0.4) is 0 Å². The number of aromatic nitrogens is 2. The standard InChI is InChI=1S/C32H25BrN4O3S/c1-20-28(30(38)35-23-7-4-3-5-8-23)29(21-10-16-26(40-2)17-11-21)37-31(39)27(41-32(37)34-20)19-25-9-6-18-36(25)24-14-12-22(33)13-15-24/h3-19,29H,1-2H3,(H,35,38)/b27-19+/t29-/m0/s1. The molecule has 0 radical (unpaired) electrons. The molecule has 0 spiro atoms. The summed E-state index contributed by atoms with van der Waals surface area (Å²) in [5.74, 6) is 0.377. The normalized spacial score (nSPS) is 14.9. The van der Waals surface area contributed by atoms with Crippen molar-refractivity contribution in [2.24, 2.45) is 4.99 Å². The molecular weight excluding hydrogens is 600 g/mol. The predicted octanol–water partition coefficient (Wildman–Crippen LogP) is 5.44. The molecule has 3 aromatic carbocycles. The van der Waals surface area contributed by atoms with E-state index in [0.29, 0.717) is 32.0 Å². The van der Waals surface area contributed by atoms with Crippen molar-refractivity contribution < 1.29 is 9.53 Å². The van der Waals surface area contributed by atoms with Crippen LogP contribution in [-0.4, -0.2) is 22.2 Å². The van der Waals surface area contributed by atoms with Crippen molar-refractivity contribution in [3.63, 3.8) is 0 Å². The van der Waals surface area contributed by atoms with Crippen LogP contribution in [0.4, 0.5) is 5.69 Å². The summed E-state index contributed by atoms with van der Waals surface area (Å²) in [6, 6.07) is 27.9. The van der Waals surface area contributed by atoms with E-state index in [0.717, 1.165) is 21.4 Å². The second-order valence-corrected chi connectivity index (χ2v) is 11.4. The molecule has 41 heavy (non-hydrogen) atoms. The van der Waals surface area contributed by atoms with Crippen LogP contribution in [0.5, 0.6) is 5.75 Å². The van der Waals surface area contributed by atoms with Crippen LogP contribution in [0, 0.1) is 0 Å². The smallest absolute Gasteiger partial charge is 0.271 e. The maximum atomic E-state index is 14.1. The number of halogens is 1. The average molecular weight is 626 g/mol. The summed E-state index contributed by atoms with van der Waals surface area (Å²) >= 11 is 4.80. The lowest BCUT2D eigenvalue weighted by molar-refractivity contribution is -0.113. The number of thiazole rings is 1. The zero-order valence-electron chi connectivity index (χ0n) is 22.2. The van der Waals surface area contributed by atoms with Crippen molar-refractivity contribution in [2.75, 3.05) is 12.4 Å². The van der Waals surface area contributed by atoms with Gasteiger partial charge < -0.3 is 14.6 Å². The SMILES string of the molecule is COc1ccc([C@H]2C(C(=O)Nc3ccccc3)=C(C)N=c3s/c(=C/c4cccn4-c4ccc(Br)cc4)c(=O)n32)cc1. The van der Waals surface area contributed by atoms with E-state index in [1.54, 1.807) is 11.7 Å². The predicted molar refractivity (Wildman–Crippen MR) is 165 cm³/mol. The number of carbonyl (C=O) groups is 1. The summed E-state index contributed by atoms with van der Waals surface area (Å²) in [4.78, 5) is 33.1. The number of benzene rings is 3. The minimum absolute atomic E-state index is 0.212. The molecule has 0 fully saturated rings. The third-order valence-corrected chi connectivity index (χ3v) is 8.41. The molecule has 9 heteroatoms. The highest BCUT2D eigenvalue weighted by atomic mass is 79.9. The van der Waals surface area contributed by atoms with Gasteiger partial charge in [0.1, 0.15) is 5.75 Å². The number of methoxy groups -OCH3 is 1. The third-order valence-electron chi connectivity index (χ3n) is 6.89. The number of nitrogens with zero attached hydrogens (tertiary/aromatic N) is 3. The van der Waals surface area contributed by atoms with Gasteiger partial charge in [0, 0.05) is 27.7 Å².